The molecule has 116 valence electrons. The van der Waals surface area contributed by atoms with Crippen LogP contribution >= 0.6 is 0 Å². The Kier molecular flexibility index (Phi) is 11.6. The fourth-order valence-corrected chi connectivity index (χ4v) is 1.07. The first-order valence-electron chi connectivity index (χ1n) is 6.57. The van der Waals surface area contributed by atoms with E-state index in [4.69, 9.17) is 10.2 Å². The number of carbonyl (C=O) groups is 2. The Morgan fingerprint density at radius 3 is 1.80 bits per heavy atom. The predicted molar refractivity (Wildman–Crippen MR) is 80.9 cm³/mol. The SMILES string of the molecule is CC(=CCCN(C)C)C(=O)O.CCC(C)=C(C)C(=O)O. The fourth-order valence-electron chi connectivity index (χ4n) is 1.07. The van der Waals surface area contributed by atoms with Crippen LogP contribution in [0.25, 0.3) is 0 Å². The first kappa shape index (κ1) is 20.7. The summed E-state index contributed by atoms with van der Waals surface area (Å²) in [5, 5.41) is 16.9. The first-order chi connectivity index (χ1) is 9.13. The third-order valence-electron chi connectivity index (χ3n) is 2.86. The lowest BCUT2D eigenvalue weighted by Gasteiger charge is -2.05. The van der Waals surface area contributed by atoms with E-state index in [1.165, 1.54) is 0 Å². The molecule has 0 radical (unpaired) electrons. The number of hydrogen-bond acceptors (Lipinski definition) is 3. The molecule has 5 heteroatoms. The van der Waals surface area contributed by atoms with Gasteiger partial charge in [0.15, 0.2) is 0 Å². The molecule has 0 heterocycles. The number of carboxylic acid groups (broad SMARTS) is 2. The molecule has 0 amide bonds. The molecule has 0 aliphatic rings. The smallest absolute Gasteiger partial charge is 0.331 e. The maximum atomic E-state index is 10.3. The van der Waals surface area contributed by atoms with Crippen LogP contribution in [0.3, 0.4) is 0 Å². The predicted octanol–water partition coefficient (Wildman–Crippen LogP) is 2.79. The van der Waals surface area contributed by atoms with Gasteiger partial charge in [-0.25, -0.2) is 9.59 Å². The average Bonchev–Trinajstić information content (AvgIpc) is 2.36. The summed E-state index contributed by atoms with van der Waals surface area (Å²) in [5.41, 5.74) is 1.84. The Morgan fingerprint density at radius 2 is 1.55 bits per heavy atom. The summed E-state index contributed by atoms with van der Waals surface area (Å²) in [5.74, 6) is -1.64. The summed E-state index contributed by atoms with van der Waals surface area (Å²) >= 11 is 0. The molecule has 0 saturated heterocycles. The van der Waals surface area contributed by atoms with Gasteiger partial charge in [-0.3, -0.25) is 0 Å². The second-order valence-corrected chi connectivity index (χ2v) is 4.85. The van der Waals surface area contributed by atoms with Gasteiger partial charge in [0.2, 0.25) is 0 Å². The highest BCUT2D eigenvalue weighted by Gasteiger charge is 2.01. The van der Waals surface area contributed by atoms with E-state index in [-0.39, 0.29) is 0 Å². The zero-order valence-electron chi connectivity index (χ0n) is 13.4. The van der Waals surface area contributed by atoms with E-state index in [1.54, 1.807) is 19.9 Å². The molecule has 0 aromatic carbocycles. The van der Waals surface area contributed by atoms with Gasteiger partial charge < -0.3 is 15.1 Å². The van der Waals surface area contributed by atoms with Crippen LogP contribution in [-0.4, -0.2) is 47.7 Å². The quantitative estimate of drug-likeness (QED) is 0.734. The van der Waals surface area contributed by atoms with Crippen LogP contribution in [0.15, 0.2) is 22.8 Å². The zero-order chi connectivity index (χ0) is 16.3. The summed E-state index contributed by atoms with van der Waals surface area (Å²) in [4.78, 5) is 22.6. The van der Waals surface area contributed by atoms with Crippen molar-refractivity contribution < 1.29 is 19.8 Å². The Labute approximate surface area is 121 Å². The molecular formula is C15H27NO4. The molecule has 0 aromatic heterocycles. The largest absolute Gasteiger partial charge is 0.478 e. The second kappa shape index (κ2) is 11.2. The highest BCUT2D eigenvalue weighted by atomic mass is 16.4. The van der Waals surface area contributed by atoms with Crippen molar-refractivity contribution in [1.82, 2.24) is 4.90 Å². The van der Waals surface area contributed by atoms with Crippen molar-refractivity contribution in [3.05, 3.63) is 22.8 Å². The molecule has 0 aliphatic carbocycles. The van der Waals surface area contributed by atoms with E-state index in [2.05, 4.69) is 0 Å². The molecule has 20 heavy (non-hydrogen) atoms. The Bertz CT molecular complexity index is 381. The minimum absolute atomic E-state index is 0.423. The van der Waals surface area contributed by atoms with E-state index in [0.29, 0.717) is 11.1 Å². The molecule has 0 unspecified atom stereocenters. The van der Waals surface area contributed by atoms with E-state index in [1.807, 2.05) is 32.8 Å². The van der Waals surface area contributed by atoms with Crippen LogP contribution in [-0.2, 0) is 9.59 Å². The number of carboxylic acids is 2. The van der Waals surface area contributed by atoms with Crippen LogP contribution in [0, 0.1) is 0 Å². The van der Waals surface area contributed by atoms with Gasteiger partial charge in [0.1, 0.15) is 0 Å². The van der Waals surface area contributed by atoms with Gasteiger partial charge in [-0.15, -0.1) is 0 Å². The van der Waals surface area contributed by atoms with Crippen molar-refractivity contribution in [2.45, 2.75) is 40.5 Å². The maximum Gasteiger partial charge on any atom is 0.331 e. The average molecular weight is 285 g/mol. The zero-order valence-corrected chi connectivity index (χ0v) is 13.4. The number of aliphatic carboxylic acids is 2. The fraction of sp³-hybridized carbons (Fsp3) is 0.600. The van der Waals surface area contributed by atoms with Gasteiger partial charge in [-0.1, -0.05) is 18.6 Å². The molecule has 0 atom stereocenters. The maximum absolute atomic E-state index is 10.3. The molecule has 0 aliphatic heterocycles. The van der Waals surface area contributed by atoms with Crippen molar-refractivity contribution in [1.29, 1.82) is 0 Å². The number of hydrogen-bond donors (Lipinski definition) is 2. The summed E-state index contributed by atoms with van der Waals surface area (Å²) in [7, 11) is 3.92. The molecule has 0 fully saturated rings. The van der Waals surface area contributed by atoms with Gasteiger partial charge >= 0.3 is 11.9 Å². The molecule has 0 saturated carbocycles. The number of nitrogens with zero attached hydrogens (tertiary/aromatic N) is 1. The standard InChI is InChI=1S/C8H15NO2.C7H12O2/c1-7(8(10)11)5-4-6-9(2)3;1-4-5(2)6(3)7(8)9/h5H,4,6H2,1-3H3,(H,10,11);4H2,1-3H3,(H,8,9). The van der Waals surface area contributed by atoms with Gasteiger partial charge in [0.25, 0.3) is 0 Å². The minimum atomic E-state index is -0.830. The lowest BCUT2D eigenvalue weighted by Crippen LogP contribution is -2.12. The van der Waals surface area contributed by atoms with Gasteiger partial charge in [-0.05, 0) is 47.7 Å². The lowest BCUT2D eigenvalue weighted by atomic mass is 10.1. The minimum Gasteiger partial charge on any atom is -0.478 e. The summed E-state index contributed by atoms with van der Waals surface area (Å²) in [6.45, 7) is 7.91. The molecule has 0 aromatic rings. The third-order valence-corrected chi connectivity index (χ3v) is 2.86. The van der Waals surface area contributed by atoms with Crippen molar-refractivity contribution in [2.75, 3.05) is 20.6 Å². The van der Waals surface area contributed by atoms with Crippen molar-refractivity contribution in [3.8, 4) is 0 Å². The van der Waals surface area contributed by atoms with Gasteiger partial charge in [0, 0.05) is 17.7 Å². The molecule has 0 bridgehead atoms. The van der Waals surface area contributed by atoms with Gasteiger partial charge in [0.05, 0.1) is 0 Å². The van der Waals surface area contributed by atoms with Gasteiger partial charge in [-0.2, -0.15) is 0 Å². The molecule has 0 spiro atoms. The monoisotopic (exact) mass is 285 g/mol. The van der Waals surface area contributed by atoms with E-state index in [9.17, 15) is 9.59 Å². The highest BCUT2D eigenvalue weighted by Crippen LogP contribution is 2.06. The summed E-state index contributed by atoms with van der Waals surface area (Å²) in [6.07, 6.45) is 3.35. The van der Waals surface area contributed by atoms with Crippen LogP contribution < -0.4 is 0 Å². The van der Waals surface area contributed by atoms with Crippen LogP contribution in [0.2, 0.25) is 0 Å². The van der Waals surface area contributed by atoms with E-state index >= 15 is 0 Å². The summed E-state index contributed by atoms with van der Waals surface area (Å²) in [6, 6.07) is 0. The topological polar surface area (TPSA) is 77.8 Å². The molecule has 2 N–H and O–H groups in total. The Balaban J connectivity index is 0. The second-order valence-electron chi connectivity index (χ2n) is 4.85. The van der Waals surface area contributed by atoms with Crippen LogP contribution in [0.5, 0.6) is 0 Å². The first-order valence-corrected chi connectivity index (χ1v) is 6.57. The van der Waals surface area contributed by atoms with Crippen LogP contribution in [0.4, 0.5) is 0 Å². The van der Waals surface area contributed by atoms with Crippen molar-refractivity contribution >= 4 is 11.9 Å². The van der Waals surface area contributed by atoms with Crippen molar-refractivity contribution in [3.63, 3.8) is 0 Å². The van der Waals surface area contributed by atoms with Crippen LogP contribution in [0.1, 0.15) is 40.5 Å². The summed E-state index contributed by atoms with van der Waals surface area (Å²) < 4.78 is 0. The van der Waals surface area contributed by atoms with Crippen molar-refractivity contribution in [2.24, 2.45) is 0 Å². The molecule has 5 nitrogen and oxygen atoms in total. The highest BCUT2D eigenvalue weighted by molar-refractivity contribution is 5.86. The Morgan fingerprint density at radius 1 is 1.05 bits per heavy atom. The van der Waals surface area contributed by atoms with E-state index < -0.39 is 11.9 Å². The molecular weight excluding hydrogens is 258 g/mol. The Hall–Kier alpha value is -1.62. The third kappa shape index (κ3) is 11.5. The number of rotatable bonds is 6. The lowest BCUT2D eigenvalue weighted by molar-refractivity contribution is -0.133. The normalized spacial score (nSPS) is 12.4. The van der Waals surface area contributed by atoms with E-state index in [0.717, 1.165) is 25.0 Å². The number of allylic oxidation sites excluding steroid dienone is 1. The molecule has 0 rings (SSSR count).